The molecule has 0 fully saturated rings. The fourth-order valence-electron chi connectivity index (χ4n) is 2.98. The van der Waals surface area contributed by atoms with E-state index in [1.54, 1.807) is 12.1 Å². The fraction of sp³-hybridized carbons (Fsp3) is 0.619. The molecule has 0 spiro atoms. The average molecular weight is 395 g/mol. The molecule has 0 unspecified atom stereocenters. The molecule has 7 nitrogen and oxygen atoms in total. The quantitative estimate of drug-likeness (QED) is 0.435. The molecule has 1 rings (SSSR count). The van der Waals surface area contributed by atoms with Crippen molar-refractivity contribution in [2.24, 2.45) is 0 Å². The van der Waals surface area contributed by atoms with Gasteiger partial charge in [-0.25, -0.2) is 0 Å². The fourth-order valence-corrected chi connectivity index (χ4v) is 2.98. The number of carbonyl (C=O) groups excluding carboxylic acids is 1. The predicted octanol–water partition coefficient (Wildman–Crippen LogP) is 4.04. The second-order valence-electron chi connectivity index (χ2n) is 6.64. The minimum absolute atomic E-state index is 0.169. The largest absolute Gasteiger partial charge is 0.493 e. The Morgan fingerprint density at radius 3 is 1.79 bits per heavy atom. The highest BCUT2D eigenvalue weighted by Crippen LogP contribution is 2.38. The number of aliphatic carboxylic acids is 1. The molecular weight excluding hydrogens is 362 g/mol. The number of nitrogens with one attached hydrogen (secondary N) is 1. The van der Waals surface area contributed by atoms with Crippen LogP contribution < -0.4 is 19.5 Å². The lowest BCUT2D eigenvalue weighted by molar-refractivity contribution is -0.137. The van der Waals surface area contributed by atoms with Gasteiger partial charge in [0, 0.05) is 18.5 Å². The van der Waals surface area contributed by atoms with Crippen LogP contribution in [0, 0.1) is 0 Å². The first kappa shape index (κ1) is 23.6. The molecule has 0 aromatic heterocycles. The van der Waals surface area contributed by atoms with Gasteiger partial charge >= 0.3 is 5.97 Å². The van der Waals surface area contributed by atoms with Crippen LogP contribution in [-0.2, 0) is 4.79 Å². The molecule has 2 N–H and O–H groups in total. The first-order valence-electron chi connectivity index (χ1n) is 9.83. The third-order valence-corrected chi connectivity index (χ3v) is 4.53. The van der Waals surface area contributed by atoms with Gasteiger partial charge in [-0.3, -0.25) is 9.59 Å². The number of carboxylic acids is 1. The van der Waals surface area contributed by atoms with E-state index in [1.165, 1.54) is 21.3 Å². The molecule has 0 saturated heterocycles. The smallest absolute Gasteiger partial charge is 0.303 e. The Kier molecular flexibility index (Phi) is 11.5. The van der Waals surface area contributed by atoms with E-state index in [2.05, 4.69) is 5.32 Å². The van der Waals surface area contributed by atoms with Crippen molar-refractivity contribution in [3.8, 4) is 17.2 Å². The standard InChI is InChI=1S/C21H33NO6/c1-26-17-14-16(15-18(27-2)20(17)28-3)21(25)22-13-11-9-7-5-4-6-8-10-12-19(23)24/h14-15H,4-13H2,1-3H3,(H,22,25)(H,23,24). The maximum atomic E-state index is 12.4. The maximum absolute atomic E-state index is 12.4. The number of carbonyl (C=O) groups is 2. The van der Waals surface area contributed by atoms with E-state index in [1.807, 2.05) is 0 Å². The summed E-state index contributed by atoms with van der Waals surface area (Å²) in [4.78, 5) is 22.8. The molecule has 1 aromatic rings. The van der Waals surface area contributed by atoms with Gasteiger partial charge in [0.15, 0.2) is 11.5 Å². The normalized spacial score (nSPS) is 10.4. The van der Waals surface area contributed by atoms with Crippen LogP contribution in [0.2, 0.25) is 0 Å². The van der Waals surface area contributed by atoms with E-state index in [-0.39, 0.29) is 12.3 Å². The van der Waals surface area contributed by atoms with Crippen LogP contribution in [0.15, 0.2) is 12.1 Å². The Bertz CT molecular complexity index is 592. The third kappa shape index (κ3) is 8.50. The van der Waals surface area contributed by atoms with Gasteiger partial charge in [0.2, 0.25) is 5.75 Å². The number of benzene rings is 1. The molecule has 0 bridgehead atoms. The zero-order valence-electron chi connectivity index (χ0n) is 17.2. The first-order valence-corrected chi connectivity index (χ1v) is 9.83. The number of carboxylic acid groups (broad SMARTS) is 1. The lowest BCUT2D eigenvalue weighted by Gasteiger charge is -2.14. The number of hydrogen-bond acceptors (Lipinski definition) is 5. The van der Waals surface area contributed by atoms with Crippen molar-refractivity contribution in [3.63, 3.8) is 0 Å². The molecule has 0 aliphatic rings. The van der Waals surface area contributed by atoms with Gasteiger partial charge in [0.25, 0.3) is 5.91 Å². The van der Waals surface area contributed by atoms with Crippen molar-refractivity contribution in [2.45, 2.75) is 57.8 Å². The van der Waals surface area contributed by atoms with Crippen molar-refractivity contribution in [2.75, 3.05) is 27.9 Å². The maximum Gasteiger partial charge on any atom is 0.303 e. The van der Waals surface area contributed by atoms with E-state index in [0.29, 0.717) is 29.4 Å². The number of rotatable bonds is 15. The summed E-state index contributed by atoms with van der Waals surface area (Å²) in [6.07, 6.45) is 8.50. The summed E-state index contributed by atoms with van der Waals surface area (Å²) < 4.78 is 15.8. The number of ether oxygens (including phenoxy) is 3. The van der Waals surface area contributed by atoms with Crippen molar-refractivity contribution < 1.29 is 28.9 Å². The molecule has 0 aliphatic carbocycles. The van der Waals surface area contributed by atoms with Gasteiger partial charge in [-0.15, -0.1) is 0 Å². The van der Waals surface area contributed by atoms with Gasteiger partial charge in [-0.1, -0.05) is 38.5 Å². The van der Waals surface area contributed by atoms with Gasteiger partial charge in [0.05, 0.1) is 21.3 Å². The Morgan fingerprint density at radius 1 is 0.821 bits per heavy atom. The van der Waals surface area contributed by atoms with Crippen molar-refractivity contribution in [1.82, 2.24) is 5.32 Å². The summed E-state index contributed by atoms with van der Waals surface area (Å²) >= 11 is 0. The van der Waals surface area contributed by atoms with E-state index >= 15 is 0 Å². The molecule has 0 saturated carbocycles. The van der Waals surface area contributed by atoms with Crippen LogP contribution >= 0.6 is 0 Å². The van der Waals surface area contributed by atoms with Gasteiger partial charge in [0.1, 0.15) is 0 Å². The van der Waals surface area contributed by atoms with Crippen molar-refractivity contribution >= 4 is 11.9 Å². The lowest BCUT2D eigenvalue weighted by Crippen LogP contribution is -2.24. The lowest BCUT2D eigenvalue weighted by atomic mass is 10.1. The summed E-state index contributed by atoms with van der Waals surface area (Å²) in [5.74, 6) is 0.487. The Balaban J connectivity index is 2.24. The highest BCUT2D eigenvalue weighted by Gasteiger charge is 2.16. The molecule has 0 aliphatic heterocycles. The van der Waals surface area contributed by atoms with Crippen molar-refractivity contribution in [3.05, 3.63) is 17.7 Å². The molecule has 1 aromatic carbocycles. The molecule has 158 valence electrons. The summed E-state index contributed by atoms with van der Waals surface area (Å²) in [5.41, 5.74) is 0.468. The topological polar surface area (TPSA) is 94.1 Å². The van der Waals surface area contributed by atoms with E-state index in [9.17, 15) is 9.59 Å². The van der Waals surface area contributed by atoms with Crippen LogP contribution in [0.3, 0.4) is 0 Å². The minimum Gasteiger partial charge on any atom is -0.493 e. The van der Waals surface area contributed by atoms with Crippen molar-refractivity contribution in [1.29, 1.82) is 0 Å². The van der Waals surface area contributed by atoms with Gasteiger partial charge in [-0.05, 0) is 25.0 Å². The van der Waals surface area contributed by atoms with Crippen LogP contribution in [0.25, 0.3) is 0 Å². The van der Waals surface area contributed by atoms with Crippen LogP contribution in [-0.4, -0.2) is 44.9 Å². The van der Waals surface area contributed by atoms with Gasteiger partial charge in [-0.2, -0.15) is 0 Å². The van der Waals surface area contributed by atoms with E-state index in [4.69, 9.17) is 19.3 Å². The highest BCUT2D eigenvalue weighted by atomic mass is 16.5. The second-order valence-corrected chi connectivity index (χ2v) is 6.64. The number of amides is 1. The highest BCUT2D eigenvalue weighted by molar-refractivity contribution is 5.95. The van der Waals surface area contributed by atoms with E-state index in [0.717, 1.165) is 51.4 Å². The minimum atomic E-state index is -0.714. The molecule has 0 heterocycles. The SMILES string of the molecule is COc1cc(C(=O)NCCCCCCCCCCC(=O)O)cc(OC)c1OC. The average Bonchev–Trinajstić information content (AvgIpc) is 2.70. The Hall–Kier alpha value is -2.44. The Morgan fingerprint density at radius 2 is 1.32 bits per heavy atom. The summed E-state index contributed by atoms with van der Waals surface area (Å²) in [6, 6.07) is 3.28. The van der Waals surface area contributed by atoms with Crippen LogP contribution in [0.4, 0.5) is 0 Å². The second kappa shape index (κ2) is 13.7. The molecule has 1 amide bonds. The number of methoxy groups -OCH3 is 3. The molecular formula is C21H33NO6. The third-order valence-electron chi connectivity index (χ3n) is 4.53. The van der Waals surface area contributed by atoms with Crippen LogP contribution in [0.1, 0.15) is 68.1 Å². The molecule has 0 atom stereocenters. The first-order chi connectivity index (χ1) is 13.5. The summed E-state index contributed by atoms with van der Waals surface area (Å²) in [5, 5.41) is 11.5. The number of hydrogen-bond donors (Lipinski definition) is 2. The van der Waals surface area contributed by atoms with E-state index < -0.39 is 5.97 Å². The summed E-state index contributed by atoms with van der Waals surface area (Å²) in [7, 11) is 4.56. The molecule has 0 radical (unpaired) electrons. The predicted molar refractivity (Wildman–Crippen MR) is 108 cm³/mol. The zero-order chi connectivity index (χ0) is 20.8. The molecule has 28 heavy (non-hydrogen) atoms. The molecule has 7 heteroatoms. The van der Waals surface area contributed by atoms with Crippen LogP contribution in [0.5, 0.6) is 17.2 Å². The summed E-state index contributed by atoms with van der Waals surface area (Å²) in [6.45, 7) is 0.619. The van der Waals surface area contributed by atoms with Gasteiger partial charge < -0.3 is 24.6 Å². The monoisotopic (exact) mass is 395 g/mol. The Labute approximate surface area is 167 Å². The number of unbranched alkanes of at least 4 members (excludes halogenated alkanes) is 7. The zero-order valence-corrected chi connectivity index (χ0v) is 17.2.